The van der Waals surface area contributed by atoms with Gasteiger partial charge in [-0.1, -0.05) is 35.3 Å². The Morgan fingerprint density at radius 2 is 1.87 bits per heavy atom. The van der Waals surface area contributed by atoms with Crippen molar-refractivity contribution >= 4 is 34.1 Å². The summed E-state index contributed by atoms with van der Waals surface area (Å²) in [5.74, 6) is 0.606. The Morgan fingerprint density at radius 1 is 1.09 bits per heavy atom. The van der Waals surface area contributed by atoms with Crippen molar-refractivity contribution in [1.29, 1.82) is 0 Å². The molecule has 0 amide bonds. The zero-order valence-corrected chi connectivity index (χ0v) is 14.0. The zero-order valence-electron chi connectivity index (χ0n) is 12.5. The molecule has 3 rings (SSSR count). The first kappa shape index (κ1) is 16.0. The van der Waals surface area contributed by atoms with E-state index < -0.39 is 0 Å². The number of fused-ring (bicyclic) bond motifs is 1. The number of hydrogen-bond acceptors (Lipinski definition) is 3. The molecule has 0 unspecified atom stereocenters. The van der Waals surface area contributed by atoms with Crippen LogP contribution in [0.15, 0.2) is 47.3 Å². The summed E-state index contributed by atoms with van der Waals surface area (Å²) in [5, 5.41) is 1.81. The lowest BCUT2D eigenvalue weighted by Gasteiger charge is -2.16. The molecule has 0 saturated heterocycles. The summed E-state index contributed by atoms with van der Waals surface area (Å²) < 4.78 is 0. The number of rotatable bonds is 4. The van der Waals surface area contributed by atoms with E-state index in [-0.39, 0.29) is 5.56 Å². The average molecular weight is 348 g/mol. The minimum Gasteiger partial charge on any atom is -0.309 e. The van der Waals surface area contributed by atoms with E-state index in [1.807, 2.05) is 31.3 Å². The van der Waals surface area contributed by atoms with Gasteiger partial charge in [-0.2, -0.15) is 0 Å². The van der Waals surface area contributed by atoms with Gasteiger partial charge in [0.05, 0.1) is 17.4 Å². The molecule has 6 heteroatoms. The summed E-state index contributed by atoms with van der Waals surface area (Å²) in [6, 6.07) is 12.8. The van der Waals surface area contributed by atoms with Crippen LogP contribution in [0.4, 0.5) is 0 Å². The zero-order chi connectivity index (χ0) is 16.4. The molecule has 1 aromatic heterocycles. The number of benzene rings is 2. The Labute approximate surface area is 143 Å². The fourth-order valence-corrected chi connectivity index (χ4v) is 2.87. The van der Waals surface area contributed by atoms with Crippen molar-refractivity contribution < 1.29 is 0 Å². The van der Waals surface area contributed by atoms with Gasteiger partial charge in [0.15, 0.2) is 0 Å². The van der Waals surface area contributed by atoms with E-state index in [0.29, 0.717) is 39.9 Å². The van der Waals surface area contributed by atoms with Gasteiger partial charge < -0.3 is 4.98 Å². The molecule has 1 heterocycles. The highest BCUT2D eigenvalue weighted by Crippen LogP contribution is 2.16. The molecule has 0 aliphatic rings. The number of hydrogen-bond donors (Lipinski definition) is 1. The van der Waals surface area contributed by atoms with Gasteiger partial charge in [-0.15, -0.1) is 0 Å². The van der Waals surface area contributed by atoms with E-state index >= 15 is 0 Å². The summed E-state index contributed by atoms with van der Waals surface area (Å²) in [7, 11) is 1.96. The van der Waals surface area contributed by atoms with Crippen LogP contribution in [-0.4, -0.2) is 21.9 Å². The SMILES string of the molecule is CN(Cc1cccc(Cl)c1)Cc1nc2cc(Cl)ccc2c(=O)[nH]1. The maximum atomic E-state index is 12.1. The van der Waals surface area contributed by atoms with Crippen LogP contribution in [0.25, 0.3) is 10.9 Å². The first-order valence-electron chi connectivity index (χ1n) is 7.13. The molecular weight excluding hydrogens is 333 g/mol. The van der Waals surface area contributed by atoms with Gasteiger partial charge in [0.2, 0.25) is 0 Å². The van der Waals surface area contributed by atoms with E-state index in [9.17, 15) is 4.79 Å². The van der Waals surface area contributed by atoms with Crippen molar-refractivity contribution in [3.8, 4) is 0 Å². The van der Waals surface area contributed by atoms with E-state index in [0.717, 1.165) is 5.56 Å². The van der Waals surface area contributed by atoms with E-state index in [2.05, 4.69) is 14.9 Å². The van der Waals surface area contributed by atoms with Crippen molar-refractivity contribution in [2.75, 3.05) is 7.05 Å². The standard InChI is InChI=1S/C17H15Cl2N3O/c1-22(9-11-3-2-4-12(18)7-11)10-16-20-15-8-13(19)5-6-14(15)17(23)21-16/h2-8H,9-10H2,1H3,(H,20,21,23). The highest BCUT2D eigenvalue weighted by Gasteiger charge is 2.08. The van der Waals surface area contributed by atoms with E-state index in [1.54, 1.807) is 18.2 Å². The fraction of sp³-hybridized carbons (Fsp3) is 0.176. The van der Waals surface area contributed by atoms with E-state index in [1.165, 1.54) is 0 Å². The maximum Gasteiger partial charge on any atom is 0.258 e. The Balaban J connectivity index is 1.82. The minimum atomic E-state index is -0.155. The smallest absolute Gasteiger partial charge is 0.258 e. The first-order valence-corrected chi connectivity index (χ1v) is 7.88. The predicted molar refractivity (Wildman–Crippen MR) is 94.0 cm³/mol. The van der Waals surface area contributed by atoms with Gasteiger partial charge in [-0.25, -0.2) is 4.98 Å². The quantitative estimate of drug-likeness (QED) is 0.779. The average Bonchev–Trinajstić information content (AvgIpc) is 2.46. The van der Waals surface area contributed by atoms with Gasteiger partial charge in [0, 0.05) is 16.6 Å². The Morgan fingerprint density at radius 3 is 2.65 bits per heavy atom. The topological polar surface area (TPSA) is 49.0 Å². The molecule has 0 fully saturated rings. The Hall–Kier alpha value is -1.88. The summed E-state index contributed by atoms with van der Waals surface area (Å²) >= 11 is 12.0. The molecule has 4 nitrogen and oxygen atoms in total. The molecule has 3 aromatic rings. The predicted octanol–water partition coefficient (Wildman–Crippen LogP) is 3.86. The summed E-state index contributed by atoms with van der Waals surface area (Å²) in [4.78, 5) is 21.5. The number of H-pyrrole nitrogens is 1. The van der Waals surface area contributed by atoms with Crippen LogP contribution in [0.2, 0.25) is 10.0 Å². The molecule has 2 aromatic carbocycles. The summed E-state index contributed by atoms with van der Waals surface area (Å²) in [5.41, 5.74) is 1.55. The lowest BCUT2D eigenvalue weighted by Crippen LogP contribution is -2.21. The first-order chi connectivity index (χ1) is 11.0. The monoisotopic (exact) mass is 347 g/mol. The second-order valence-electron chi connectivity index (χ2n) is 5.48. The maximum absolute atomic E-state index is 12.1. The van der Waals surface area contributed by atoms with Crippen LogP contribution in [-0.2, 0) is 13.1 Å². The molecule has 0 spiro atoms. The number of aromatic nitrogens is 2. The molecular formula is C17H15Cl2N3O. The van der Waals surface area contributed by atoms with Crippen LogP contribution in [0.3, 0.4) is 0 Å². The largest absolute Gasteiger partial charge is 0.309 e. The normalized spacial score (nSPS) is 11.3. The van der Waals surface area contributed by atoms with Crippen LogP contribution >= 0.6 is 23.2 Å². The number of aromatic amines is 1. The van der Waals surface area contributed by atoms with Crippen molar-refractivity contribution in [2.45, 2.75) is 13.1 Å². The van der Waals surface area contributed by atoms with Gasteiger partial charge in [-0.05, 0) is 42.9 Å². The van der Waals surface area contributed by atoms with Crippen LogP contribution in [0.5, 0.6) is 0 Å². The van der Waals surface area contributed by atoms with E-state index in [4.69, 9.17) is 23.2 Å². The molecule has 118 valence electrons. The number of nitrogens with one attached hydrogen (secondary N) is 1. The summed E-state index contributed by atoms with van der Waals surface area (Å²) in [6.45, 7) is 1.22. The molecule has 23 heavy (non-hydrogen) atoms. The fourth-order valence-electron chi connectivity index (χ4n) is 2.49. The third-order valence-electron chi connectivity index (χ3n) is 3.48. The lowest BCUT2D eigenvalue weighted by atomic mass is 10.2. The van der Waals surface area contributed by atoms with Crippen LogP contribution in [0, 0.1) is 0 Å². The number of halogens is 2. The summed E-state index contributed by atoms with van der Waals surface area (Å²) in [6.07, 6.45) is 0. The van der Waals surface area contributed by atoms with Gasteiger partial charge in [0.1, 0.15) is 5.82 Å². The van der Waals surface area contributed by atoms with Crippen molar-refractivity contribution in [3.05, 3.63) is 74.3 Å². The Kier molecular flexibility index (Phi) is 4.66. The van der Waals surface area contributed by atoms with Crippen molar-refractivity contribution in [3.63, 3.8) is 0 Å². The molecule has 0 saturated carbocycles. The third-order valence-corrected chi connectivity index (χ3v) is 3.95. The van der Waals surface area contributed by atoms with Crippen LogP contribution < -0.4 is 5.56 Å². The molecule has 0 aliphatic carbocycles. The highest BCUT2D eigenvalue weighted by atomic mass is 35.5. The molecule has 1 N–H and O–H groups in total. The Bertz CT molecular complexity index is 908. The van der Waals surface area contributed by atoms with Crippen molar-refractivity contribution in [2.24, 2.45) is 0 Å². The minimum absolute atomic E-state index is 0.155. The van der Waals surface area contributed by atoms with Gasteiger partial charge >= 0.3 is 0 Å². The van der Waals surface area contributed by atoms with Gasteiger partial charge in [-0.3, -0.25) is 9.69 Å². The molecule has 0 atom stereocenters. The highest BCUT2D eigenvalue weighted by molar-refractivity contribution is 6.31. The lowest BCUT2D eigenvalue weighted by molar-refractivity contribution is 0.311. The second kappa shape index (κ2) is 6.71. The number of nitrogens with zero attached hydrogens (tertiary/aromatic N) is 2. The third kappa shape index (κ3) is 3.91. The van der Waals surface area contributed by atoms with Crippen molar-refractivity contribution in [1.82, 2.24) is 14.9 Å². The molecule has 0 aliphatic heterocycles. The van der Waals surface area contributed by atoms with Crippen LogP contribution in [0.1, 0.15) is 11.4 Å². The van der Waals surface area contributed by atoms with Gasteiger partial charge in [0.25, 0.3) is 5.56 Å². The molecule has 0 radical (unpaired) electrons. The molecule has 0 bridgehead atoms. The second-order valence-corrected chi connectivity index (χ2v) is 6.35.